The Hall–Kier alpha value is -3.55. The van der Waals surface area contributed by atoms with E-state index < -0.39 is 0 Å². The standard InChI is InChI=1S/C21H22N6O2/c1-15-11-20-26(9-2-10-27(20)25-15)21(29)8-7-19(28)24-18-5-3-16(4-6-18)17-12-22-14-23-13-17/h3-6,11-14H,2,7-10H2,1H3,(H,24,28). The summed E-state index contributed by atoms with van der Waals surface area (Å²) in [6, 6.07) is 9.37. The maximum atomic E-state index is 12.6. The molecule has 3 heterocycles. The number of nitrogens with zero attached hydrogens (tertiary/aromatic N) is 5. The highest BCUT2D eigenvalue weighted by Gasteiger charge is 2.24. The molecule has 1 N–H and O–H groups in total. The van der Waals surface area contributed by atoms with Crippen molar-refractivity contribution in [1.29, 1.82) is 0 Å². The third-order valence-corrected chi connectivity index (χ3v) is 4.84. The number of carbonyl (C=O) groups excluding carboxylic acids is 2. The molecule has 0 radical (unpaired) electrons. The average molecular weight is 390 g/mol. The van der Waals surface area contributed by atoms with Crippen LogP contribution in [0.4, 0.5) is 11.5 Å². The van der Waals surface area contributed by atoms with Crippen molar-refractivity contribution in [3.8, 4) is 11.1 Å². The van der Waals surface area contributed by atoms with Crippen LogP contribution in [-0.2, 0) is 16.1 Å². The number of aryl methyl sites for hydroxylation is 2. The normalized spacial score (nSPS) is 13.1. The van der Waals surface area contributed by atoms with Gasteiger partial charge >= 0.3 is 0 Å². The van der Waals surface area contributed by atoms with Gasteiger partial charge < -0.3 is 5.32 Å². The number of hydrogen-bond acceptors (Lipinski definition) is 5. The zero-order chi connectivity index (χ0) is 20.2. The Bertz CT molecular complexity index is 1010. The molecule has 8 nitrogen and oxygen atoms in total. The van der Waals surface area contributed by atoms with Gasteiger partial charge in [-0.05, 0) is 31.0 Å². The zero-order valence-corrected chi connectivity index (χ0v) is 16.2. The molecule has 2 aromatic heterocycles. The predicted molar refractivity (Wildman–Crippen MR) is 109 cm³/mol. The summed E-state index contributed by atoms with van der Waals surface area (Å²) in [4.78, 5) is 34.6. The van der Waals surface area contributed by atoms with E-state index in [4.69, 9.17) is 0 Å². The van der Waals surface area contributed by atoms with Crippen molar-refractivity contribution >= 4 is 23.3 Å². The largest absolute Gasteiger partial charge is 0.326 e. The summed E-state index contributed by atoms with van der Waals surface area (Å²) in [5.41, 5.74) is 3.46. The third-order valence-electron chi connectivity index (χ3n) is 4.84. The molecule has 29 heavy (non-hydrogen) atoms. The number of nitrogens with one attached hydrogen (secondary N) is 1. The van der Waals surface area contributed by atoms with E-state index in [1.54, 1.807) is 17.3 Å². The van der Waals surface area contributed by atoms with Crippen molar-refractivity contribution in [2.24, 2.45) is 0 Å². The van der Waals surface area contributed by atoms with Gasteiger partial charge in [-0.15, -0.1) is 0 Å². The molecule has 0 saturated carbocycles. The molecule has 0 bridgehead atoms. The second kappa shape index (κ2) is 8.22. The third kappa shape index (κ3) is 4.31. The van der Waals surface area contributed by atoms with Crippen LogP contribution in [0.1, 0.15) is 25.0 Å². The van der Waals surface area contributed by atoms with Gasteiger partial charge in [-0.25, -0.2) is 14.6 Å². The molecule has 0 atom stereocenters. The lowest BCUT2D eigenvalue weighted by atomic mass is 10.1. The lowest BCUT2D eigenvalue weighted by Gasteiger charge is -2.27. The minimum atomic E-state index is -0.184. The van der Waals surface area contributed by atoms with Gasteiger partial charge in [0.2, 0.25) is 11.8 Å². The van der Waals surface area contributed by atoms with E-state index in [0.717, 1.165) is 35.6 Å². The maximum absolute atomic E-state index is 12.6. The molecule has 4 rings (SSSR count). The Kier molecular flexibility index (Phi) is 5.33. The van der Waals surface area contributed by atoms with Gasteiger partial charge in [-0.2, -0.15) is 5.10 Å². The van der Waals surface area contributed by atoms with Gasteiger partial charge in [0.25, 0.3) is 0 Å². The highest BCUT2D eigenvalue weighted by atomic mass is 16.2. The molecular formula is C21H22N6O2. The molecule has 2 amide bonds. The van der Waals surface area contributed by atoms with Crippen molar-refractivity contribution in [1.82, 2.24) is 19.7 Å². The molecule has 3 aromatic rings. The van der Waals surface area contributed by atoms with Crippen molar-refractivity contribution in [2.45, 2.75) is 32.7 Å². The number of amides is 2. The lowest BCUT2D eigenvalue weighted by Crippen LogP contribution is -2.37. The van der Waals surface area contributed by atoms with E-state index in [-0.39, 0.29) is 24.7 Å². The van der Waals surface area contributed by atoms with E-state index in [9.17, 15) is 9.59 Å². The smallest absolute Gasteiger partial charge is 0.228 e. The fourth-order valence-electron chi connectivity index (χ4n) is 3.43. The topological polar surface area (TPSA) is 93.0 Å². The van der Waals surface area contributed by atoms with Crippen LogP contribution in [0.5, 0.6) is 0 Å². The van der Waals surface area contributed by atoms with Gasteiger partial charge in [-0.1, -0.05) is 12.1 Å². The first-order valence-corrected chi connectivity index (χ1v) is 9.60. The monoisotopic (exact) mass is 390 g/mol. The predicted octanol–water partition coefficient (Wildman–Crippen LogP) is 2.80. The second-order valence-electron chi connectivity index (χ2n) is 7.02. The van der Waals surface area contributed by atoms with Crippen LogP contribution in [0.2, 0.25) is 0 Å². The van der Waals surface area contributed by atoms with Crippen LogP contribution in [0, 0.1) is 6.92 Å². The van der Waals surface area contributed by atoms with Crippen molar-refractivity contribution in [3.63, 3.8) is 0 Å². The Morgan fingerprint density at radius 3 is 2.55 bits per heavy atom. The number of anilines is 2. The van der Waals surface area contributed by atoms with Crippen molar-refractivity contribution in [3.05, 3.63) is 54.7 Å². The van der Waals surface area contributed by atoms with E-state index in [0.29, 0.717) is 12.2 Å². The first kappa shape index (κ1) is 18.8. The summed E-state index contributed by atoms with van der Waals surface area (Å²) < 4.78 is 1.86. The second-order valence-corrected chi connectivity index (χ2v) is 7.02. The number of rotatable bonds is 5. The number of carbonyl (C=O) groups is 2. The minimum absolute atomic E-state index is 0.0552. The Labute approximate surface area is 168 Å². The van der Waals surface area contributed by atoms with E-state index in [1.165, 1.54) is 6.33 Å². The van der Waals surface area contributed by atoms with Crippen molar-refractivity contribution < 1.29 is 9.59 Å². The summed E-state index contributed by atoms with van der Waals surface area (Å²) in [6.07, 6.45) is 6.12. The molecule has 1 aliphatic heterocycles. The molecular weight excluding hydrogens is 368 g/mol. The fraction of sp³-hybridized carbons (Fsp3) is 0.286. The fourth-order valence-corrected chi connectivity index (χ4v) is 3.43. The van der Waals surface area contributed by atoms with Crippen LogP contribution < -0.4 is 10.2 Å². The SMILES string of the molecule is Cc1cc2n(n1)CCCN2C(=O)CCC(=O)Nc1ccc(-c2cncnc2)cc1. The van der Waals surface area contributed by atoms with Crippen LogP contribution in [-0.4, -0.2) is 38.1 Å². The van der Waals surface area contributed by atoms with Gasteiger partial charge in [0.15, 0.2) is 0 Å². The van der Waals surface area contributed by atoms with Gasteiger partial charge in [0.05, 0.1) is 5.69 Å². The molecule has 0 aliphatic carbocycles. The molecule has 1 aromatic carbocycles. The molecule has 0 fully saturated rings. The Balaban J connectivity index is 1.32. The van der Waals surface area contributed by atoms with Crippen LogP contribution in [0.3, 0.4) is 0 Å². The van der Waals surface area contributed by atoms with E-state index >= 15 is 0 Å². The summed E-state index contributed by atoms with van der Waals surface area (Å²) in [6.45, 7) is 3.40. The van der Waals surface area contributed by atoms with Gasteiger partial charge in [0, 0.05) is 55.6 Å². The van der Waals surface area contributed by atoms with Crippen molar-refractivity contribution in [2.75, 3.05) is 16.8 Å². The van der Waals surface area contributed by atoms with E-state index in [2.05, 4.69) is 20.4 Å². The number of benzene rings is 1. The molecule has 0 spiro atoms. The van der Waals surface area contributed by atoms with Crippen LogP contribution in [0.15, 0.2) is 49.1 Å². The minimum Gasteiger partial charge on any atom is -0.326 e. The summed E-state index contributed by atoms with van der Waals surface area (Å²) in [5.74, 6) is 0.580. The zero-order valence-electron chi connectivity index (χ0n) is 16.2. The summed E-state index contributed by atoms with van der Waals surface area (Å²) in [5, 5.41) is 7.24. The molecule has 148 valence electrons. The molecule has 0 saturated heterocycles. The first-order valence-electron chi connectivity index (χ1n) is 9.60. The highest BCUT2D eigenvalue weighted by molar-refractivity contribution is 5.98. The van der Waals surface area contributed by atoms with Crippen LogP contribution in [0.25, 0.3) is 11.1 Å². The number of hydrogen-bond donors (Lipinski definition) is 1. The summed E-state index contributed by atoms with van der Waals surface area (Å²) >= 11 is 0. The number of fused-ring (bicyclic) bond motifs is 1. The van der Waals surface area contributed by atoms with Gasteiger partial charge in [-0.3, -0.25) is 14.5 Å². The van der Waals surface area contributed by atoms with Gasteiger partial charge in [0.1, 0.15) is 12.1 Å². The first-order chi connectivity index (χ1) is 14.1. The lowest BCUT2D eigenvalue weighted by molar-refractivity contribution is -0.122. The quantitative estimate of drug-likeness (QED) is 0.723. The molecule has 8 heteroatoms. The summed E-state index contributed by atoms with van der Waals surface area (Å²) in [7, 11) is 0. The number of aromatic nitrogens is 4. The Morgan fingerprint density at radius 1 is 1.03 bits per heavy atom. The van der Waals surface area contributed by atoms with Crippen LogP contribution >= 0.6 is 0 Å². The van der Waals surface area contributed by atoms with E-state index in [1.807, 2.05) is 41.9 Å². The molecule has 0 unspecified atom stereocenters. The Morgan fingerprint density at radius 2 is 1.79 bits per heavy atom. The maximum Gasteiger partial charge on any atom is 0.228 e. The molecule has 1 aliphatic rings. The highest BCUT2D eigenvalue weighted by Crippen LogP contribution is 2.23. The average Bonchev–Trinajstić information content (AvgIpc) is 3.13.